The van der Waals surface area contributed by atoms with Crippen molar-refractivity contribution in [3.8, 4) is 11.3 Å². The minimum absolute atomic E-state index is 0.257. The van der Waals surface area contributed by atoms with Crippen LogP contribution in [0, 0.1) is 5.82 Å². The summed E-state index contributed by atoms with van der Waals surface area (Å²) < 4.78 is 13.5. The van der Waals surface area contributed by atoms with Crippen molar-refractivity contribution >= 4 is 0 Å². The van der Waals surface area contributed by atoms with Crippen LogP contribution in [0.1, 0.15) is 12.6 Å². The van der Waals surface area contributed by atoms with E-state index in [1.165, 1.54) is 6.07 Å². The average Bonchev–Trinajstić information content (AvgIpc) is 2.30. The van der Waals surface area contributed by atoms with Crippen molar-refractivity contribution < 1.29 is 4.39 Å². The summed E-state index contributed by atoms with van der Waals surface area (Å²) in [5, 5.41) is 0. The molecular formula is C12H11FN2. The minimum atomic E-state index is -0.257. The molecule has 76 valence electrons. The van der Waals surface area contributed by atoms with Crippen molar-refractivity contribution in [1.82, 2.24) is 9.97 Å². The van der Waals surface area contributed by atoms with E-state index in [1.807, 2.05) is 6.92 Å². The SMILES string of the molecule is CCc1nccnc1-c1ccccc1F. The van der Waals surface area contributed by atoms with Crippen LogP contribution >= 0.6 is 0 Å². The third kappa shape index (κ3) is 1.86. The van der Waals surface area contributed by atoms with Crippen LogP contribution in [0.25, 0.3) is 11.3 Å². The first kappa shape index (κ1) is 9.77. The second kappa shape index (κ2) is 4.17. The molecule has 0 amide bonds. The molecule has 0 aliphatic rings. The van der Waals surface area contributed by atoms with Crippen molar-refractivity contribution in [1.29, 1.82) is 0 Å². The summed E-state index contributed by atoms with van der Waals surface area (Å²) in [7, 11) is 0. The topological polar surface area (TPSA) is 25.8 Å². The van der Waals surface area contributed by atoms with Gasteiger partial charge in [-0.1, -0.05) is 19.1 Å². The van der Waals surface area contributed by atoms with E-state index in [0.717, 1.165) is 12.1 Å². The number of hydrogen-bond acceptors (Lipinski definition) is 2. The van der Waals surface area contributed by atoms with Crippen LogP contribution < -0.4 is 0 Å². The summed E-state index contributed by atoms with van der Waals surface area (Å²) >= 11 is 0. The van der Waals surface area contributed by atoms with Crippen LogP contribution in [0.3, 0.4) is 0 Å². The summed E-state index contributed by atoms with van der Waals surface area (Å²) in [6.07, 6.45) is 3.96. The molecule has 1 heterocycles. The highest BCUT2D eigenvalue weighted by atomic mass is 19.1. The van der Waals surface area contributed by atoms with Crippen molar-refractivity contribution in [2.75, 3.05) is 0 Å². The quantitative estimate of drug-likeness (QED) is 0.748. The summed E-state index contributed by atoms with van der Waals surface area (Å²) in [5.41, 5.74) is 1.98. The maximum absolute atomic E-state index is 13.5. The number of rotatable bonds is 2. The van der Waals surface area contributed by atoms with E-state index in [2.05, 4.69) is 9.97 Å². The molecule has 0 aliphatic heterocycles. The van der Waals surface area contributed by atoms with Gasteiger partial charge in [-0.25, -0.2) is 4.39 Å². The standard InChI is InChI=1S/C12H11FN2/c1-2-11-12(15-8-7-14-11)9-5-3-4-6-10(9)13/h3-8H,2H2,1H3. The Balaban J connectivity index is 2.59. The smallest absolute Gasteiger partial charge is 0.132 e. The van der Waals surface area contributed by atoms with Crippen LogP contribution in [0.2, 0.25) is 0 Å². The molecule has 0 unspecified atom stereocenters. The second-order valence-corrected chi connectivity index (χ2v) is 3.19. The summed E-state index contributed by atoms with van der Waals surface area (Å²) in [5.74, 6) is -0.257. The fourth-order valence-corrected chi connectivity index (χ4v) is 1.50. The molecule has 3 heteroatoms. The van der Waals surface area contributed by atoms with Gasteiger partial charge in [0.25, 0.3) is 0 Å². The lowest BCUT2D eigenvalue weighted by Crippen LogP contribution is -1.96. The lowest BCUT2D eigenvalue weighted by Gasteiger charge is -2.05. The molecule has 0 atom stereocenters. The van der Waals surface area contributed by atoms with E-state index in [1.54, 1.807) is 30.6 Å². The largest absolute Gasteiger partial charge is 0.257 e. The molecule has 0 fully saturated rings. The van der Waals surface area contributed by atoms with Gasteiger partial charge in [-0.3, -0.25) is 9.97 Å². The molecule has 0 saturated heterocycles. The Kier molecular flexibility index (Phi) is 2.72. The van der Waals surface area contributed by atoms with Crippen LogP contribution in [-0.2, 0) is 6.42 Å². The third-order valence-corrected chi connectivity index (χ3v) is 2.24. The predicted octanol–water partition coefficient (Wildman–Crippen LogP) is 2.85. The van der Waals surface area contributed by atoms with Crippen LogP contribution in [-0.4, -0.2) is 9.97 Å². The maximum atomic E-state index is 13.5. The van der Waals surface area contributed by atoms with E-state index in [-0.39, 0.29) is 5.82 Å². The molecule has 0 spiro atoms. The number of halogens is 1. The predicted molar refractivity (Wildman–Crippen MR) is 56.8 cm³/mol. The Morgan fingerprint density at radius 2 is 1.87 bits per heavy atom. The molecule has 1 aromatic carbocycles. The van der Waals surface area contributed by atoms with Gasteiger partial charge in [0.05, 0.1) is 11.4 Å². The number of nitrogens with zero attached hydrogens (tertiary/aromatic N) is 2. The zero-order chi connectivity index (χ0) is 10.7. The third-order valence-electron chi connectivity index (χ3n) is 2.24. The van der Waals surface area contributed by atoms with E-state index >= 15 is 0 Å². The highest BCUT2D eigenvalue weighted by Gasteiger charge is 2.09. The fourth-order valence-electron chi connectivity index (χ4n) is 1.50. The van der Waals surface area contributed by atoms with Gasteiger partial charge in [0.1, 0.15) is 5.82 Å². The molecule has 2 nitrogen and oxygen atoms in total. The lowest BCUT2D eigenvalue weighted by atomic mass is 10.1. The van der Waals surface area contributed by atoms with Gasteiger partial charge in [0.15, 0.2) is 0 Å². The van der Waals surface area contributed by atoms with Crippen molar-refractivity contribution in [2.45, 2.75) is 13.3 Å². The molecule has 15 heavy (non-hydrogen) atoms. The Labute approximate surface area is 87.8 Å². The summed E-state index contributed by atoms with van der Waals surface area (Å²) in [6.45, 7) is 1.98. The lowest BCUT2D eigenvalue weighted by molar-refractivity contribution is 0.630. The zero-order valence-electron chi connectivity index (χ0n) is 8.44. The minimum Gasteiger partial charge on any atom is -0.257 e. The van der Waals surface area contributed by atoms with Crippen molar-refractivity contribution in [3.63, 3.8) is 0 Å². The van der Waals surface area contributed by atoms with Gasteiger partial charge < -0.3 is 0 Å². The van der Waals surface area contributed by atoms with Gasteiger partial charge in [-0.05, 0) is 18.6 Å². The number of hydrogen-bond donors (Lipinski definition) is 0. The number of benzene rings is 1. The molecule has 1 aromatic heterocycles. The molecule has 0 bridgehead atoms. The van der Waals surface area contributed by atoms with Crippen molar-refractivity contribution in [3.05, 3.63) is 48.2 Å². The summed E-state index contributed by atoms with van der Waals surface area (Å²) in [6, 6.07) is 6.62. The average molecular weight is 202 g/mol. The van der Waals surface area contributed by atoms with Gasteiger partial charge >= 0.3 is 0 Å². The van der Waals surface area contributed by atoms with Crippen LogP contribution in [0.4, 0.5) is 4.39 Å². The molecule has 2 rings (SSSR count). The van der Waals surface area contributed by atoms with E-state index in [0.29, 0.717) is 11.3 Å². The van der Waals surface area contributed by atoms with E-state index in [4.69, 9.17) is 0 Å². The Morgan fingerprint density at radius 3 is 2.60 bits per heavy atom. The molecule has 0 N–H and O–H groups in total. The molecule has 0 aliphatic carbocycles. The molecule has 0 saturated carbocycles. The van der Waals surface area contributed by atoms with Gasteiger partial charge in [0, 0.05) is 18.0 Å². The number of aromatic nitrogens is 2. The van der Waals surface area contributed by atoms with Gasteiger partial charge in [-0.15, -0.1) is 0 Å². The highest BCUT2D eigenvalue weighted by molar-refractivity contribution is 5.61. The van der Waals surface area contributed by atoms with Crippen LogP contribution in [0.5, 0.6) is 0 Å². The van der Waals surface area contributed by atoms with Gasteiger partial charge in [-0.2, -0.15) is 0 Å². The maximum Gasteiger partial charge on any atom is 0.132 e. The van der Waals surface area contributed by atoms with Crippen molar-refractivity contribution in [2.24, 2.45) is 0 Å². The van der Waals surface area contributed by atoms with Gasteiger partial charge in [0.2, 0.25) is 0 Å². The van der Waals surface area contributed by atoms with E-state index < -0.39 is 0 Å². The number of aryl methyl sites for hydroxylation is 1. The second-order valence-electron chi connectivity index (χ2n) is 3.19. The first-order chi connectivity index (χ1) is 7.33. The molecule has 0 radical (unpaired) electrons. The Bertz CT molecular complexity index is 469. The first-order valence-electron chi connectivity index (χ1n) is 4.87. The van der Waals surface area contributed by atoms with E-state index in [9.17, 15) is 4.39 Å². The Morgan fingerprint density at radius 1 is 1.13 bits per heavy atom. The normalized spacial score (nSPS) is 10.3. The summed E-state index contributed by atoms with van der Waals surface area (Å²) in [4.78, 5) is 8.36. The zero-order valence-corrected chi connectivity index (χ0v) is 8.44. The molecule has 2 aromatic rings. The van der Waals surface area contributed by atoms with Crippen LogP contribution in [0.15, 0.2) is 36.7 Å². The fraction of sp³-hybridized carbons (Fsp3) is 0.167. The molecular weight excluding hydrogens is 191 g/mol. The Hall–Kier alpha value is -1.77. The highest BCUT2D eigenvalue weighted by Crippen LogP contribution is 2.22. The monoisotopic (exact) mass is 202 g/mol. The first-order valence-corrected chi connectivity index (χ1v) is 4.87.